The van der Waals surface area contributed by atoms with Crippen molar-refractivity contribution in [1.82, 2.24) is 4.98 Å². The zero-order valence-corrected chi connectivity index (χ0v) is 9.06. The first-order valence-corrected chi connectivity index (χ1v) is 5.06. The van der Waals surface area contributed by atoms with Crippen molar-refractivity contribution in [2.75, 3.05) is 0 Å². The standard InChI is InChI=1S/C11H11NO5/c1-2-11(16,9(13)14)6-3-4-7-8(5-6)17-10(15)12-7/h3-5,16H,2H2,1H3,(H,12,15)(H,13,14). The third kappa shape index (κ3) is 1.72. The molecule has 17 heavy (non-hydrogen) atoms. The van der Waals surface area contributed by atoms with Crippen molar-refractivity contribution in [2.45, 2.75) is 18.9 Å². The second-order valence-electron chi connectivity index (χ2n) is 3.74. The number of aliphatic hydroxyl groups is 1. The van der Waals surface area contributed by atoms with E-state index < -0.39 is 17.3 Å². The lowest BCUT2D eigenvalue weighted by atomic mass is 9.91. The van der Waals surface area contributed by atoms with Crippen molar-refractivity contribution in [1.29, 1.82) is 0 Å². The van der Waals surface area contributed by atoms with E-state index in [0.717, 1.165) is 0 Å². The summed E-state index contributed by atoms with van der Waals surface area (Å²) in [6.45, 7) is 1.56. The molecule has 3 N–H and O–H groups in total. The Kier molecular flexibility index (Phi) is 2.51. The van der Waals surface area contributed by atoms with E-state index in [2.05, 4.69) is 4.98 Å². The maximum absolute atomic E-state index is 11.0. The molecule has 0 radical (unpaired) electrons. The van der Waals surface area contributed by atoms with E-state index in [1.807, 2.05) is 0 Å². The number of H-pyrrole nitrogens is 1. The molecular formula is C11H11NO5. The highest BCUT2D eigenvalue weighted by atomic mass is 16.4. The number of hydrogen-bond donors (Lipinski definition) is 3. The molecule has 1 aromatic carbocycles. The number of fused-ring (bicyclic) bond motifs is 1. The predicted octanol–water partition coefficient (Wildman–Crippen LogP) is 0.803. The third-order valence-corrected chi connectivity index (χ3v) is 2.76. The van der Waals surface area contributed by atoms with Crippen LogP contribution in [0.25, 0.3) is 11.1 Å². The quantitative estimate of drug-likeness (QED) is 0.732. The first-order valence-electron chi connectivity index (χ1n) is 5.06. The van der Waals surface area contributed by atoms with Crippen molar-refractivity contribution >= 4 is 17.1 Å². The van der Waals surface area contributed by atoms with Crippen molar-refractivity contribution in [3.8, 4) is 0 Å². The minimum absolute atomic E-state index is 0.0164. The summed E-state index contributed by atoms with van der Waals surface area (Å²) in [6.07, 6.45) is 0.0164. The molecule has 1 heterocycles. The summed E-state index contributed by atoms with van der Waals surface area (Å²) in [5, 5.41) is 19.0. The summed E-state index contributed by atoms with van der Waals surface area (Å²) < 4.78 is 4.81. The molecule has 2 rings (SSSR count). The summed E-state index contributed by atoms with van der Waals surface area (Å²) >= 11 is 0. The van der Waals surface area contributed by atoms with E-state index in [1.165, 1.54) is 18.2 Å². The van der Waals surface area contributed by atoms with E-state index in [4.69, 9.17) is 9.52 Å². The number of aromatic nitrogens is 1. The van der Waals surface area contributed by atoms with Gasteiger partial charge in [0.05, 0.1) is 5.52 Å². The fourth-order valence-corrected chi connectivity index (χ4v) is 1.68. The van der Waals surface area contributed by atoms with Gasteiger partial charge in [-0.3, -0.25) is 4.98 Å². The average Bonchev–Trinajstić information content (AvgIpc) is 2.66. The summed E-state index contributed by atoms with van der Waals surface area (Å²) in [5.74, 6) is -1.95. The number of carboxylic acid groups (broad SMARTS) is 1. The molecule has 0 aliphatic rings. The van der Waals surface area contributed by atoms with Crippen LogP contribution in [0.15, 0.2) is 27.4 Å². The molecule has 0 bridgehead atoms. The molecule has 90 valence electrons. The van der Waals surface area contributed by atoms with Crippen molar-refractivity contribution < 1.29 is 19.4 Å². The largest absolute Gasteiger partial charge is 0.479 e. The van der Waals surface area contributed by atoms with Gasteiger partial charge in [0, 0.05) is 0 Å². The molecule has 1 atom stereocenters. The minimum atomic E-state index is -1.97. The number of benzene rings is 1. The monoisotopic (exact) mass is 237 g/mol. The number of nitrogens with one attached hydrogen (secondary N) is 1. The van der Waals surface area contributed by atoms with E-state index >= 15 is 0 Å². The first kappa shape index (κ1) is 11.4. The molecule has 6 heteroatoms. The SMILES string of the molecule is CCC(O)(C(=O)O)c1ccc2[nH]c(=O)oc2c1. The number of aliphatic carboxylic acids is 1. The Morgan fingerprint density at radius 2 is 2.24 bits per heavy atom. The Bertz CT molecular complexity index is 626. The molecule has 1 unspecified atom stereocenters. The fraction of sp³-hybridized carbons (Fsp3) is 0.273. The van der Waals surface area contributed by atoms with Gasteiger partial charge in [0.25, 0.3) is 0 Å². The topological polar surface area (TPSA) is 104 Å². The Morgan fingerprint density at radius 3 is 2.82 bits per heavy atom. The van der Waals surface area contributed by atoms with E-state index in [0.29, 0.717) is 5.52 Å². The van der Waals surface area contributed by atoms with Crippen LogP contribution < -0.4 is 5.76 Å². The van der Waals surface area contributed by atoms with Crippen LogP contribution in [0.5, 0.6) is 0 Å². The van der Waals surface area contributed by atoms with Crippen molar-refractivity contribution in [3.63, 3.8) is 0 Å². The van der Waals surface area contributed by atoms with Gasteiger partial charge in [0.15, 0.2) is 11.2 Å². The molecular weight excluding hydrogens is 226 g/mol. The Labute approximate surface area is 95.5 Å². The van der Waals surface area contributed by atoms with Gasteiger partial charge in [-0.05, 0) is 24.1 Å². The van der Waals surface area contributed by atoms with Crippen LogP contribution in [0.1, 0.15) is 18.9 Å². The lowest BCUT2D eigenvalue weighted by Crippen LogP contribution is -2.34. The van der Waals surface area contributed by atoms with Gasteiger partial charge >= 0.3 is 11.7 Å². The number of rotatable bonds is 3. The highest BCUT2D eigenvalue weighted by Crippen LogP contribution is 2.27. The van der Waals surface area contributed by atoms with Crippen LogP contribution in [-0.2, 0) is 10.4 Å². The third-order valence-electron chi connectivity index (χ3n) is 2.76. The molecule has 0 aliphatic carbocycles. The molecule has 1 aromatic heterocycles. The lowest BCUT2D eigenvalue weighted by molar-refractivity contribution is -0.160. The van der Waals surface area contributed by atoms with Gasteiger partial charge in [0.2, 0.25) is 0 Å². The Morgan fingerprint density at radius 1 is 1.53 bits per heavy atom. The summed E-state index contributed by atoms with van der Waals surface area (Å²) in [6, 6.07) is 4.30. The van der Waals surface area contributed by atoms with E-state index in [-0.39, 0.29) is 17.6 Å². The fourth-order valence-electron chi connectivity index (χ4n) is 1.68. The summed E-state index contributed by atoms with van der Waals surface area (Å²) in [5.41, 5.74) is -1.10. The predicted molar refractivity (Wildman–Crippen MR) is 58.7 cm³/mol. The van der Waals surface area contributed by atoms with E-state index in [1.54, 1.807) is 6.92 Å². The molecule has 0 spiro atoms. The molecule has 2 aromatic rings. The normalized spacial score (nSPS) is 14.7. The van der Waals surface area contributed by atoms with Crippen molar-refractivity contribution in [2.24, 2.45) is 0 Å². The number of carboxylic acids is 1. The highest BCUT2D eigenvalue weighted by molar-refractivity contribution is 5.82. The minimum Gasteiger partial charge on any atom is -0.479 e. The van der Waals surface area contributed by atoms with Crippen LogP contribution in [-0.4, -0.2) is 21.2 Å². The summed E-state index contributed by atoms with van der Waals surface area (Å²) in [4.78, 5) is 24.4. The van der Waals surface area contributed by atoms with Gasteiger partial charge in [-0.1, -0.05) is 13.0 Å². The second-order valence-corrected chi connectivity index (χ2v) is 3.74. The average molecular weight is 237 g/mol. The number of oxazole rings is 1. The van der Waals surface area contributed by atoms with E-state index in [9.17, 15) is 14.7 Å². The van der Waals surface area contributed by atoms with Gasteiger partial charge in [0.1, 0.15) is 0 Å². The molecule has 0 fully saturated rings. The molecule has 0 saturated carbocycles. The van der Waals surface area contributed by atoms with Crippen LogP contribution >= 0.6 is 0 Å². The van der Waals surface area contributed by atoms with Gasteiger partial charge in [-0.2, -0.15) is 0 Å². The second kappa shape index (κ2) is 3.74. The van der Waals surface area contributed by atoms with Crippen LogP contribution in [0.4, 0.5) is 0 Å². The highest BCUT2D eigenvalue weighted by Gasteiger charge is 2.36. The Balaban J connectivity index is 2.62. The van der Waals surface area contributed by atoms with Gasteiger partial charge in [-0.25, -0.2) is 9.59 Å². The molecule has 6 nitrogen and oxygen atoms in total. The summed E-state index contributed by atoms with van der Waals surface area (Å²) in [7, 11) is 0. The zero-order chi connectivity index (χ0) is 12.6. The maximum atomic E-state index is 11.0. The zero-order valence-electron chi connectivity index (χ0n) is 9.06. The smallest absolute Gasteiger partial charge is 0.417 e. The first-order chi connectivity index (χ1) is 7.97. The van der Waals surface area contributed by atoms with Gasteiger partial charge in [-0.15, -0.1) is 0 Å². The van der Waals surface area contributed by atoms with Crippen molar-refractivity contribution in [3.05, 3.63) is 34.3 Å². The number of carbonyl (C=O) groups is 1. The number of hydrogen-bond acceptors (Lipinski definition) is 4. The van der Waals surface area contributed by atoms with Crippen LogP contribution in [0.2, 0.25) is 0 Å². The number of aromatic amines is 1. The van der Waals surface area contributed by atoms with Gasteiger partial charge < -0.3 is 14.6 Å². The molecule has 0 aliphatic heterocycles. The van der Waals surface area contributed by atoms with Crippen LogP contribution in [0.3, 0.4) is 0 Å². The Hall–Kier alpha value is -2.08. The molecule has 0 saturated heterocycles. The van der Waals surface area contributed by atoms with Crippen LogP contribution in [0, 0.1) is 0 Å². The lowest BCUT2D eigenvalue weighted by Gasteiger charge is -2.21. The molecule has 0 amide bonds. The maximum Gasteiger partial charge on any atom is 0.417 e.